The molecule has 4 aromatic rings. The Morgan fingerprint density at radius 1 is 0.963 bits per heavy atom. The number of anilines is 1. The van der Waals surface area contributed by atoms with Crippen LogP contribution in [0.1, 0.15) is 10.4 Å². The summed E-state index contributed by atoms with van der Waals surface area (Å²) in [5.74, 6) is -1.36. The second kappa shape index (κ2) is 6.64. The number of carbonyl (C=O) groups excluding carboxylic acids is 1. The Labute approximate surface area is 154 Å². The lowest BCUT2D eigenvalue weighted by Gasteiger charge is -2.07. The van der Waals surface area contributed by atoms with Crippen LogP contribution < -0.4 is 5.32 Å². The summed E-state index contributed by atoms with van der Waals surface area (Å²) in [6, 6.07) is 17.7. The SMILES string of the molecule is Cn1c(-c2ccc(NC(=O)c3cc(F)cc(F)c3)cc2)nc2ccccc21. The van der Waals surface area contributed by atoms with E-state index < -0.39 is 17.5 Å². The summed E-state index contributed by atoms with van der Waals surface area (Å²) in [7, 11) is 1.94. The third-order valence-corrected chi connectivity index (χ3v) is 4.31. The molecule has 0 saturated heterocycles. The molecule has 1 heterocycles. The zero-order chi connectivity index (χ0) is 19.0. The summed E-state index contributed by atoms with van der Waals surface area (Å²) in [5, 5.41) is 2.63. The minimum Gasteiger partial charge on any atom is -0.327 e. The number of rotatable bonds is 3. The molecule has 1 N–H and O–H groups in total. The van der Waals surface area contributed by atoms with Crippen molar-refractivity contribution in [1.29, 1.82) is 0 Å². The fourth-order valence-corrected chi connectivity index (χ4v) is 2.99. The molecule has 0 fully saturated rings. The van der Waals surface area contributed by atoms with Gasteiger partial charge in [-0.25, -0.2) is 13.8 Å². The van der Waals surface area contributed by atoms with Crippen LogP contribution in [-0.2, 0) is 7.05 Å². The molecule has 0 aliphatic rings. The lowest BCUT2D eigenvalue weighted by atomic mass is 10.1. The number of nitrogens with one attached hydrogen (secondary N) is 1. The Hall–Kier alpha value is -3.54. The van der Waals surface area contributed by atoms with Crippen molar-refractivity contribution in [2.24, 2.45) is 7.05 Å². The van der Waals surface area contributed by atoms with Gasteiger partial charge in [0.1, 0.15) is 17.5 Å². The molecule has 27 heavy (non-hydrogen) atoms. The van der Waals surface area contributed by atoms with Crippen LogP contribution >= 0.6 is 0 Å². The maximum atomic E-state index is 13.3. The lowest BCUT2D eigenvalue weighted by molar-refractivity contribution is 0.102. The van der Waals surface area contributed by atoms with Crippen LogP contribution in [0, 0.1) is 11.6 Å². The van der Waals surface area contributed by atoms with Crippen molar-refractivity contribution in [2.75, 3.05) is 5.32 Å². The van der Waals surface area contributed by atoms with Crippen LogP contribution in [0.25, 0.3) is 22.4 Å². The van der Waals surface area contributed by atoms with Crippen LogP contribution in [0.2, 0.25) is 0 Å². The molecule has 0 aliphatic carbocycles. The third-order valence-electron chi connectivity index (χ3n) is 4.31. The first-order valence-electron chi connectivity index (χ1n) is 8.30. The van der Waals surface area contributed by atoms with Gasteiger partial charge in [-0.05, 0) is 48.5 Å². The van der Waals surface area contributed by atoms with E-state index in [4.69, 9.17) is 0 Å². The van der Waals surface area contributed by atoms with Gasteiger partial charge in [-0.2, -0.15) is 0 Å². The lowest BCUT2D eigenvalue weighted by Crippen LogP contribution is -2.12. The first-order valence-corrected chi connectivity index (χ1v) is 8.30. The molecule has 0 spiro atoms. The zero-order valence-electron chi connectivity index (χ0n) is 14.4. The van der Waals surface area contributed by atoms with E-state index in [0.717, 1.165) is 40.6 Å². The second-order valence-corrected chi connectivity index (χ2v) is 6.17. The molecule has 4 nitrogen and oxygen atoms in total. The number of hydrogen-bond acceptors (Lipinski definition) is 2. The van der Waals surface area contributed by atoms with Gasteiger partial charge in [0.2, 0.25) is 0 Å². The maximum Gasteiger partial charge on any atom is 0.255 e. The average molecular weight is 363 g/mol. The van der Waals surface area contributed by atoms with Gasteiger partial charge < -0.3 is 9.88 Å². The van der Waals surface area contributed by atoms with E-state index in [-0.39, 0.29) is 5.56 Å². The van der Waals surface area contributed by atoms with Gasteiger partial charge in [0.25, 0.3) is 5.91 Å². The third kappa shape index (κ3) is 3.29. The minimum absolute atomic E-state index is 0.0769. The Morgan fingerprint density at radius 2 is 1.63 bits per heavy atom. The number of amides is 1. The minimum atomic E-state index is -0.794. The van der Waals surface area contributed by atoms with Crippen LogP contribution in [0.15, 0.2) is 66.7 Å². The highest BCUT2D eigenvalue weighted by Gasteiger charge is 2.12. The smallest absolute Gasteiger partial charge is 0.255 e. The summed E-state index contributed by atoms with van der Waals surface area (Å²) < 4.78 is 28.5. The van der Waals surface area contributed by atoms with E-state index in [1.807, 2.05) is 48.0 Å². The van der Waals surface area contributed by atoms with Crippen molar-refractivity contribution in [3.63, 3.8) is 0 Å². The second-order valence-electron chi connectivity index (χ2n) is 6.17. The fraction of sp³-hybridized carbons (Fsp3) is 0.0476. The van der Waals surface area contributed by atoms with Gasteiger partial charge in [0.05, 0.1) is 11.0 Å². The average Bonchev–Trinajstić information content (AvgIpc) is 2.99. The van der Waals surface area contributed by atoms with Gasteiger partial charge in [-0.1, -0.05) is 12.1 Å². The summed E-state index contributed by atoms with van der Waals surface area (Å²) in [6.07, 6.45) is 0. The Morgan fingerprint density at radius 3 is 2.30 bits per heavy atom. The number of nitrogens with zero attached hydrogens (tertiary/aromatic N) is 2. The highest BCUT2D eigenvalue weighted by Crippen LogP contribution is 2.25. The summed E-state index contributed by atoms with van der Waals surface area (Å²) in [4.78, 5) is 16.8. The van der Waals surface area contributed by atoms with Gasteiger partial charge in [-0.3, -0.25) is 4.79 Å². The van der Waals surface area contributed by atoms with Gasteiger partial charge in [0, 0.05) is 29.9 Å². The number of aromatic nitrogens is 2. The normalized spacial score (nSPS) is 10.9. The van der Waals surface area contributed by atoms with E-state index in [9.17, 15) is 13.6 Å². The molecule has 4 rings (SSSR count). The van der Waals surface area contributed by atoms with Crippen molar-refractivity contribution in [3.05, 3.63) is 83.9 Å². The summed E-state index contributed by atoms with van der Waals surface area (Å²) >= 11 is 0. The number of imidazole rings is 1. The number of halogens is 2. The number of aryl methyl sites for hydroxylation is 1. The van der Waals surface area contributed by atoms with Crippen molar-refractivity contribution in [3.8, 4) is 11.4 Å². The monoisotopic (exact) mass is 363 g/mol. The van der Waals surface area contributed by atoms with E-state index in [1.54, 1.807) is 12.1 Å². The molecule has 0 saturated carbocycles. The number of fused-ring (bicyclic) bond motifs is 1. The predicted octanol–water partition coefficient (Wildman–Crippen LogP) is 4.77. The van der Waals surface area contributed by atoms with Crippen LogP contribution in [0.4, 0.5) is 14.5 Å². The number of para-hydroxylation sites is 2. The fourth-order valence-electron chi connectivity index (χ4n) is 2.99. The Balaban J connectivity index is 1.58. The van der Waals surface area contributed by atoms with E-state index in [0.29, 0.717) is 5.69 Å². The van der Waals surface area contributed by atoms with E-state index in [2.05, 4.69) is 10.3 Å². The molecule has 3 aromatic carbocycles. The molecule has 1 amide bonds. The molecular formula is C21H15F2N3O. The van der Waals surface area contributed by atoms with Gasteiger partial charge in [-0.15, -0.1) is 0 Å². The van der Waals surface area contributed by atoms with Crippen LogP contribution in [0.5, 0.6) is 0 Å². The Bertz CT molecular complexity index is 1130. The van der Waals surface area contributed by atoms with Crippen LogP contribution in [-0.4, -0.2) is 15.5 Å². The van der Waals surface area contributed by atoms with Gasteiger partial charge in [0.15, 0.2) is 0 Å². The zero-order valence-corrected chi connectivity index (χ0v) is 14.4. The molecule has 0 atom stereocenters. The highest BCUT2D eigenvalue weighted by molar-refractivity contribution is 6.04. The topological polar surface area (TPSA) is 46.9 Å². The molecule has 1 aromatic heterocycles. The Kier molecular flexibility index (Phi) is 4.16. The molecule has 0 radical (unpaired) electrons. The molecule has 134 valence electrons. The summed E-state index contributed by atoms with van der Waals surface area (Å²) in [5.41, 5.74) is 3.26. The van der Waals surface area contributed by atoms with Crippen molar-refractivity contribution < 1.29 is 13.6 Å². The summed E-state index contributed by atoms with van der Waals surface area (Å²) in [6.45, 7) is 0. The molecule has 6 heteroatoms. The molecule has 0 unspecified atom stereocenters. The molecule has 0 bridgehead atoms. The van der Waals surface area contributed by atoms with Gasteiger partial charge >= 0.3 is 0 Å². The molecule has 0 aliphatic heterocycles. The number of hydrogen-bond donors (Lipinski definition) is 1. The van der Waals surface area contributed by atoms with Crippen LogP contribution in [0.3, 0.4) is 0 Å². The van der Waals surface area contributed by atoms with Crippen molar-refractivity contribution in [1.82, 2.24) is 9.55 Å². The largest absolute Gasteiger partial charge is 0.327 e. The first-order chi connectivity index (χ1) is 13.0. The number of benzene rings is 3. The first kappa shape index (κ1) is 16.9. The predicted molar refractivity (Wildman–Crippen MR) is 100 cm³/mol. The van der Waals surface area contributed by atoms with Crippen molar-refractivity contribution >= 4 is 22.6 Å². The van der Waals surface area contributed by atoms with E-state index in [1.165, 1.54) is 0 Å². The number of carbonyl (C=O) groups is 1. The quantitative estimate of drug-likeness (QED) is 0.570. The van der Waals surface area contributed by atoms with E-state index >= 15 is 0 Å². The maximum absolute atomic E-state index is 13.3. The standard InChI is InChI=1S/C21H15F2N3O/c1-26-19-5-3-2-4-18(19)25-20(26)13-6-8-17(9-7-13)24-21(27)14-10-15(22)12-16(23)11-14/h2-12H,1H3,(H,24,27). The highest BCUT2D eigenvalue weighted by atomic mass is 19.1. The van der Waals surface area contributed by atoms with Crippen molar-refractivity contribution in [2.45, 2.75) is 0 Å². The molecular weight excluding hydrogens is 348 g/mol.